The average Bonchev–Trinajstić information content (AvgIpc) is 2.24. The molecule has 1 nitrogen and oxygen atoms in total. The molecule has 0 aromatic heterocycles. The van der Waals surface area contributed by atoms with Gasteiger partial charge in [-0.3, -0.25) is 0 Å². The summed E-state index contributed by atoms with van der Waals surface area (Å²) in [5, 5.41) is 3.52. The van der Waals surface area contributed by atoms with Gasteiger partial charge in [-0.15, -0.1) is 0 Å². The van der Waals surface area contributed by atoms with Crippen LogP contribution in [0.3, 0.4) is 0 Å². The molecule has 0 radical (unpaired) electrons. The van der Waals surface area contributed by atoms with Crippen molar-refractivity contribution in [1.29, 1.82) is 0 Å². The van der Waals surface area contributed by atoms with Crippen molar-refractivity contribution in [3.05, 3.63) is 34.9 Å². The van der Waals surface area contributed by atoms with Crippen LogP contribution in [0, 0.1) is 19.3 Å². The molecule has 1 heteroatoms. The van der Waals surface area contributed by atoms with Gasteiger partial charge < -0.3 is 5.32 Å². The number of aryl methyl sites for hydroxylation is 2. The number of benzene rings is 1. The predicted octanol–water partition coefficient (Wildman–Crippen LogP) is 3.24. The third kappa shape index (κ3) is 2.65. The Morgan fingerprint density at radius 1 is 1.25 bits per heavy atom. The standard InChI is InChI=1S/C15H23N/c1-12-5-6-14(9-13(12)2)10-15(3)7-4-8-16-11-15/h5-6,9,16H,4,7-8,10-11H2,1-3H3. The summed E-state index contributed by atoms with van der Waals surface area (Å²) in [7, 11) is 0. The lowest BCUT2D eigenvalue weighted by molar-refractivity contribution is 0.234. The highest BCUT2D eigenvalue weighted by atomic mass is 14.9. The molecular formula is C15H23N. The van der Waals surface area contributed by atoms with Crippen molar-refractivity contribution >= 4 is 0 Å². The average molecular weight is 217 g/mol. The number of hydrogen-bond donors (Lipinski definition) is 1. The molecule has 0 aliphatic carbocycles. The molecule has 1 saturated heterocycles. The minimum atomic E-state index is 0.458. The smallest absolute Gasteiger partial charge is 0.000835 e. The summed E-state index contributed by atoms with van der Waals surface area (Å²) < 4.78 is 0. The van der Waals surface area contributed by atoms with Crippen LogP contribution < -0.4 is 5.32 Å². The van der Waals surface area contributed by atoms with Gasteiger partial charge >= 0.3 is 0 Å². The molecule has 0 saturated carbocycles. The van der Waals surface area contributed by atoms with E-state index in [9.17, 15) is 0 Å². The SMILES string of the molecule is Cc1ccc(CC2(C)CCCNC2)cc1C. The fourth-order valence-electron chi connectivity index (χ4n) is 2.68. The van der Waals surface area contributed by atoms with Gasteiger partial charge in [-0.1, -0.05) is 25.1 Å². The first kappa shape index (κ1) is 11.7. The Balaban J connectivity index is 2.10. The summed E-state index contributed by atoms with van der Waals surface area (Å²) >= 11 is 0. The normalized spacial score (nSPS) is 25.7. The third-order valence-corrected chi connectivity index (χ3v) is 3.89. The van der Waals surface area contributed by atoms with Gasteiger partial charge in [0.15, 0.2) is 0 Å². The highest BCUT2D eigenvalue weighted by molar-refractivity contribution is 5.30. The Kier molecular flexibility index (Phi) is 3.34. The van der Waals surface area contributed by atoms with Gasteiger partial charge in [-0.25, -0.2) is 0 Å². The molecule has 1 N–H and O–H groups in total. The number of hydrogen-bond acceptors (Lipinski definition) is 1. The highest BCUT2D eigenvalue weighted by Crippen LogP contribution is 2.30. The van der Waals surface area contributed by atoms with Crippen LogP contribution in [0.25, 0.3) is 0 Å². The van der Waals surface area contributed by atoms with E-state index in [2.05, 4.69) is 44.3 Å². The van der Waals surface area contributed by atoms with E-state index >= 15 is 0 Å². The van der Waals surface area contributed by atoms with Gasteiger partial charge in [0.05, 0.1) is 0 Å². The fourth-order valence-corrected chi connectivity index (χ4v) is 2.68. The second kappa shape index (κ2) is 4.58. The van der Waals surface area contributed by atoms with E-state index in [0.29, 0.717) is 5.41 Å². The molecule has 1 atom stereocenters. The lowest BCUT2D eigenvalue weighted by Gasteiger charge is -2.34. The van der Waals surface area contributed by atoms with Gasteiger partial charge in [0.1, 0.15) is 0 Å². The second-order valence-electron chi connectivity index (χ2n) is 5.69. The van der Waals surface area contributed by atoms with E-state index in [-0.39, 0.29) is 0 Å². The van der Waals surface area contributed by atoms with Gasteiger partial charge in [-0.05, 0) is 61.8 Å². The number of rotatable bonds is 2. The lowest BCUT2D eigenvalue weighted by atomic mass is 9.77. The van der Waals surface area contributed by atoms with Crippen LogP contribution in [0.2, 0.25) is 0 Å². The zero-order valence-electron chi connectivity index (χ0n) is 10.8. The van der Waals surface area contributed by atoms with E-state index in [4.69, 9.17) is 0 Å². The first-order valence-electron chi connectivity index (χ1n) is 6.36. The largest absolute Gasteiger partial charge is 0.316 e. The van der Waals surface area contributed by atoms with Crippen LogP contribution >= 0.6 is 0 Å². The molecule has 1 heterocycles. The zero-order valence-corrected chi connectivity index (χ0v) is 10.8. The summed E-state index contributed by atoms with van der Waals surface area (Å²) in [6.45, 7) is 9.17. The Hall–Kier alpha value is -0.820. The summed E-state index contributed by atoms with van der Waals surface area (Å²) in [5.74, 6) is 0. The summed E-state index contributed by atoms with van der Waals surface area (Å²) in [6, 6.07) is 6.90. The second-order valence-corrected chi connectivity index (χ2v) is 5.69. The van der Waals surface area contributed by atoms with Crippen molar-refractivity contribution in [3.63, 3.8) is 0 Å². The van der Waals surface area contributed by atoms with Crippen LogP contribution in [0.15, 0.2) is 18.2 Å². The minimum absolute atomic E-state index is 0.458. The Bertz CT molecular complexity index is 362. The quantitative estimate of drug-likeness (QED) is 0.802. The van der Waals surface area contributed by atoms with E-state index in [1.165, 1.54) is 49.0 Å². The lowest BCUT2D eigenvalue weighted by Crippen LogP contribution is -2.39. The van der Waals surface area contributed by atoms with Gasteiger partial charge in [0.2, 0.25) is 0 Å². The Labute approximate surface area is 99.3 Å². The molecule has 1 fully saturated rings. The van der Waals surface area contributed by atoms with Crippen LogP contribution in [0.1, 0.15) is 36.5 Å². The Morgan fingerprint density at radius 2 is 2.06 bits per heavy atom. The molecule has 88 valence electrons. The summed E-state index contributed by atoms with van der Waals surface area (Å²) in [4.78, 5) is 0. The molecule has 1 aromatic rings. The molecule has 1 aliphatic rings. The molecule has 1 aliphatic heterocycles. The van der Waals surface area contributed by atoms with Crippen LogP contribution in [0.4, 0.5) is 0 Å². The van der Waals surface area contributed by atoms with Crippen molar-refractivity contribution in [2.75, 3.05) is 13.1 Å². The number of piperidine rings is 1. The van der Waals surface area contributed by atoms with E-state index < -0.39 is 0 Å². The van der Waals surface area contributed by atoms with Gasteiger partial charge in [-0.2, -0.15) is 0 Å². The molecule has 0 bridgehead atoms. The van der Waals surface area contributed by atoms with Gasteiger partial charge in [0.25, 0.3) is 0 Å². The van der Waals surface area contributed by atoms with Crippen LogP contribution in [-0.4, -0.2) is 13.1 Å². The van der Waals surface area contributed by atoms with E-state index in [0.717, 1.165) is 0 Å². The monoisotopic (exact) mass is 217 g/mol. The molecule has 2 rings (SSSR count). The maximum atomic E-state index is 3.52. The molecule has 1 unspecified atom stereocenters. The predicted molar refractivity (Wildman–Crippen MR) is 69.8 cm³/mol. The molecule has 0 amide bonds. The topological polar surface area (TPSA) is 12.0 Å². The van der Waals surface area contributed by atoms with Crippen molar-refractivity contribution < 1.29 is 0 Å². The number of nitrogens with one attached hydrogen (secondary N) is 1. The minimum Gasteiger partial charge on any atom is -0.316 e. The molecule has 16 heavy (non-hydrogen) atoms. The van der Waals surface area contributed by atoms with Gasteiger partial charge in [0, 0.05) is 6.54 Å². The molecule has 1 aromatic carbocycles. The maximum Gasteiger partial charge on any atom is 0.000835 e. The first-order valence-corrected chi connectivity index (χ1v) is 6.36. The van der Waals surface area contributed by atoms with Crippen molar-refractivity contribution in [1.82, 2.24) is 5.32 Å². The summed E-state index contributed by atoms with van der Waals surface area (Å²) in [5.41, 5.74) is 4.77. The first-order chi connectivity index (χ1) is 7.59. The Morgan fingerprint density at radius 3 is 2.69 bits per heavy atom. The third-order valence-electron chi connectivity index (χ3n) is 3.89. The fraction of sp³-hybridized carbons (Fsp3) is 0.600. The van der Waals surface area contributed by atoms with E-state index in [1.807, 2.05) is 0 Å². The van der Waals surface area contributed by atoms with Crippen molar-refractivity contribution in [2.24, 2.45) is 5.41 Å². The van der Waals surface area contributed by atoms with Crippen LogP contribution in [0.5, 0.6) is 0 Å². The van der Waals surface area contributed by atoms with E-state index in [1.54, 1.807) is 0 Å². The molecule has 0 spiro atoms. The summed E-state index contributed by atoms with van der Waals surface area (Å²) in [6.07, 6.45) is 3.88. The molecular weight excluding hydrogens is 194 g/mol. The maximum absolute atomic E-state index is 3.52. The van der Waals surface area contributed by atoms with Crippen LogP contribution in [-0.2, 0) is 6.42 Å². The van der Waals surface area contributed by atoms with Crippen molar-refractivity contribution in [3.8, 4) is 0 Å². The highest BCUT2D eigenvalue weighted by Gasteiger charge is 2.26. The zero-order chi connectivity index (χ0) is 11.6. The van der Waals surface area contributed by atoms with Crippen molar-refractivity contribution in [2.45, 2.75) is 40.0 Å².